The van der Waals surface area contributed by atoms with E-state index in [1.54, 1.807) is 0 Å². The lowest BCUT2D eigenvalue weighted by atomic mass is 10.2. The Morgan fingerprint density at radius 1 is 1.50 bits per heavy atom. The van der Waals surface area contributed by atoms with Gasteiger partial charge in [-0.05, 0) is 17.8 Å². The van der Waals surface area contributed by atoms with Crippen LogP contribution >= 0.6 is 12.2 Å². The van der Waals surface area contributed by atoms with Crippen LogP contribution in [0.5, 0.6) is 0 Å². The molecule has 0 aromatic heterocycles. The Kier molecular flexibility index (Phi) is 6.27. The molecule has 0 fully saturated rings. The summed E-state index contributed by atoms with van der Waals surface area (Å²) in [4.78, 5) is 16.6. The molecule has 0 saturated carbocycles. The Morgan fingerprint density at radius 2 is 2.17 bits per heavy atom. The van der Waals surface area contributed by atoms with Gasteiger partial charge in [0.25, 0.3) is 0 Å². The van der Waals surface area contributed by atoms with Crippen LogP contribution in [0.3, 0.4) is 0 Å². The minimum atomic E-state index is -0.908. The smallest absolute Gasteiger partial charge is 0.328 e. The first-order valence-electron chi connectivity index (χ1n) is 5.32. The van der Waals surface area contributed by atoms with Gasteiger partial charge in [-0.1, -0.05) is 30.3 Å². The Bertz CT molecular complexity index is 385. The summed E-state index contributed by atoms with van der Waals surface area (Å²) < 4.78 is 4.60. The number of aliphatic hydroxyl groups is 1. The van der Waals surface area contributed by atoms with Crippen LogP contribution in [0.1, 0.15) is 5.56 Å². The zero-order chi connectivity index (χ0) is 13.4. The van der Waals surface area contributed by atoms with Gasteiger partial charge < -0.3 is 14.7 Å². The predicted molar refractivity (Wildman–Crippen MR) is 69.6 cm³/mol. The van der Waals surface area contributed by atoms with E-state index in [0.717, 1.165) is 11.1 Å². The second kappa shape index (κ2) is 7.75. The number of ether oxygens (including phenoxy) is 1. The van der Waals surface area contributed by atoms with Crippen LogP contribution in [0.25, 0.3) is 0 Å². The van der Waals surface area contributed by atoms with E-state index < -0.39 is 18.6 Å². The van der Waals surface area contributed by atoms with Gasteiger partial charge in [-0.2, -0.15) is 0 Å². The van der Waals surface area contributed by atoms with Crippen LogP contribution in [0.15, 0.2) is 30.3 Å². The van der Waals surface area contributed by atoms with Crippen molar-refractivity contribution in [1.82, 2.24) is 5.06 Å². The van der Waals surface area contributed by atoms with E-state index in [4.69, 9.17) is 4.84 Å². The Labute approximate surface area is 111 Å². The van der Waals surface area contributed by atoms with Gasteiger partial charge in [-0.25, -0.2) is 0 Å². The van der Waals surface area contributed by atoms with E-state index in [9.17, 15) is 9.90 Å². The summed E-state index contributed by atoms with van der Waals surface area (Å²) in [5.41, 5.74) is 1.96. The quantitative estimate of drug-likeness (QED) is 0.451. The minimum Gasteiger partial charge on any atom is -0.468 e. The van der Waals surface area contributed by atoms with Gasteiger partial charge in [0.15, 0.2) is 11.6 Å². The average molecular weight is 269 g/mol. The second-order valence-corrected chi connectivity index (χ2v) is 3.68. The number of hydrogen-bond donors (Lipinski definition) is 1. The molecule has 0 aliphatic carbocycles. The number of carbonyl (C=O) groups is 1. The number of carbonyl (C=O) groups excluding carboxylic acids is 1. The summed E-state index contributed by atoms with van der Waals surface area (Å²) >= 11 is 4.61. The molecule has 1 rings (SSSR count). The maximum Gasteiger partial charge on any atom is 0.328 e. The van der Waals surface area contributed by atoms with E-state index in [1.807, 2.05) is 30.3 Å². The number of nitrogens with zero attached hydrogens (tertiary/aromatic N) is 1. The SMILES string of the molecule is COC(=O)[C@H](CO)N(Cc1ccccc1)OC=S. The molecule has 1 aromatic carbocycles. The number of methoxy groups -OCH3 is 1. The first-order chi connectivity index (χ1) is 8.72. The van der Waals surface area contributed by atoms with Crippen LogP contribution < -0.4 is 0 Å². The molecule has 0 aliphatic heterocycles. The van der Waals surface area contributed by atoms with Crippen LogP contribution in [0.4, 0.5) is 0 Å². The fourth-order valence-corrected chi connectivity index (χ4v) is 1.57. The maximum atomic E-state index is 11.5. The highest BCUT2D eigenvalue weighted by atomic mass is 32.1. The van der Waals surface area contributed by atoms with Gasteiger partial charge in [0.2, 0.25) is 0 Å². The van der Waals surface area contributed by atoms with Crippen LogP contribution in [-0.4, -0.2) is 41.5 Å². The Hall–Kier alpha value is -1.50. The molecule has 0 aliphatic rings. The predicted octanol–water partition coefficient (Wildman–Crippen LogP) is 0.911. The molecule has 1 atom stereocenters. The number of aliphatic hydroxyl groups excluding tert-OH is 1. The van der Waals surface area contributed by atoms with E-state index >= 15 is 0 Å². The zero-order valence-corrected chi connectivity index (χ0v) is 10.8. The average Bonchev–Trinajstić information content (AvgIpc) is 2.40. The molecule has 0 unspecified atom stereocenters. The lowest BCUT2D eigenvalue weighted by molar-refractivity contribution is -0.172. The number of rotatable bonds is 7. The Morgan fingerprint density at radius 3 is 2.67 bits per heavy atom. The molecule has 0 heterocycles. The number of hydroxylamine groups is 2. The summed E-state index contributed by atoms with van der Waals surface area (Å²) in [6.45, 7) is -0.100. The van der Waals surface area contributed by atoms with Crippen LogP contribution in [0, 0.1) is 0 Å². The van der Waals surface area contributed by atoms with Crippen molar-refractivity contribution in [2.24, 2.45) is 0 Å². The lowest BCUT2D eigenvalue weighted by Gasteiger charge is -2.25. The fraction of sp³-hybridized carbons (Fsp3) is 0.333. The first kappa shape index (κ1) is 14.6. The third-order valence-electron chi connectivity index (χ3n) is 2.35. The highest BCUT2D eigenvalue weighted by molar-refractivity contribution is 7.78. The van der Waals surface area contributed by atoms with E-state index in [0.29, 0.717) is 6.54 Å². The van der Waals surface area contributed by atoms with Crippen molar-refractivity contribution >= 4 is 23.7 Å². The van der Waals surface area contributed by atoms with Gasteiger partial charge in [0.1, 0.15) is 0 Å². The maximum absolute atomic E-state index is 11.5. The molecule has 98 valence electrons. The van der Waals surface area contributed by atoms with Crippen LogP contribution in [-0.2, 0) is 20.9 Å². The fourth-order valence-electron chi connectivity index (χ4n) is 1.46. The largest absolute Gasteiger partial charge is 0.468 e. The number of thiocarbonyl (C=S) groups is 1. The van der Waals surface area contributed by atoms with Gasteiger partial charge in [-0.15, -0.1) is 5.06 Å². The Balaban J connectivity index is 2.80. The van der Waals surface area contributed by atoms with Crippen molar-refractivity contribution in [1.29, 1.82) is 0 Å². The highest BCUT2D eigenvalue weighted by Gasteiger charge is 2.27. The van der Waals surface area contributed by atoms with Gasteiger partial charge >= 0.3 is 5.97 Å². The molecule has 0 amide bonds. The van der Waals surface area contributed by atoms with Crippen molar-refractivity contribution in [3.05, 3.63) is 35.9 Å². The standard InChI is InChI=1S/C12H15NO4S/c1-16-12(15)11(8-14)13(17-9-18)7-10-5-3-2-4-6-10/h2-6,9,11,14H,7-8H2,1H3/t11-/m0/s1. The number of benzene rings is 1. The summed E-state index contributed by atoms with van der Waals surface area (Å²) in [5, 5.41) is 10.5. The summed E-state index contributed by atoms with van der Waals surface area (Å²) in [6.07, 6.45) is 0. The number of hydrogen-bond acceptors (Lipinski definition) is 6. The van der Waals surface area contributed by atoms with E-state index in [1.165, 1.54) is 12.2 Å². The van der Waals surface area contributed by atoms with Gasteiger partial charge in [0.05, 0.1) is 20.3 Å². The first-order valence-corrected chi connectivity index (χ1v) is 5.79. The number of esters is 1. The second-order valence-electron chi connectivity index (χ2n) is 3.48. The van der Waals surface area contributed by atoms with Crippen molar-refractivity contribution < 1.29 is 19.5 Å². The molecule has 18 heavy (non-hydrogen) atoms. The molecule has 0 bridgehead atoms. The summed E-state index contributed by atoms with van der Waals surface area (Å²) in [6, 6.07) is 8.48. The summed E-state index contributed by atoms with van der Waals surface area (Å²) in [7, 11) is 1.25. The zero-order valence-electron chi connectivity index (χ0n) is 9.98. The topological polar surface area (TPSA) is 59.0 Å². The monoisotopic (exact) mass is 269 g/mol. The molecular formula is C12H15NO4S. The third kappa shape index (κ3) is 4.06. The normalized spacial score (nSPS) is 11.9. The van der Waals surface area contributed by atoms with Crippen molar-refractivity contribution in [2.45, 2.75) is 12.6 Å². The van der Waals surface area contributed by atoms with Gasteiger partial charge in [-0.3, -0.25) is 4.79 Å². The van der Waals surface area contributed by atoms with E-state index in [-0.39, 0.29) is 0 Å². The third-order valence-corrected chi connectivity index (χ3v) is 2.44. The molecule has 5 nitrogen and oxygen atoms in total. The van der Waals surface area contributed by atoms with Gasteiger partial charge in [0, 0.05) is 0 Å². The van der Waals surface area contributed by atoms with Crippen molar-refractivity contribution in [3.63, 3.8) is 0 Å². The molecular weight excluding hydrogens is 254 g/mol. The van der Waals surface area contributed by atoms with E-state index in [2.05, 4.69) is 17.0 Å². The molecule has 6 heteroatoms. The molecule has 1 N–H and O–H groups in total. The lowest BCUT2D eigenvalue weighted by Crippen LogP contribution is -2.43. The summed E-state index contributed by atoms with van der Waals surface area (Å²) in [5.74, 6) is -0.578. The highest BCUT2D eigenvalue weighted by Crippen LogP contribution is 2.09. The molecule has 0 saturated heterocycles. The van der Waals surface area contributed by atoms with Crippen LogP contribution in [0.2, 0.25) is 0 Å². The molecule has 0 spiro atoms. The van der Waals surface area contributed by atoms with Crippen molar-refractivity contribution in [2.75, 3.05) is 13.7 Å². The molecule has 1 aromatic rings. The molecule has 0 radical (unpaired) electrons. The minimum absolute atomic E-state index is 0.314. The van der Waals surface area contributed by atoms with Crippen molar-refractivity contribution in [3.8, 4) is 0 Å².